The second-order valence-electron chi connectivity index (χ2n) is 17.6. The lowest BCUT2D eigenvalue weighted by Gasteiger charge is -2.35. The van der Waals surface area contributed by atoms with Crippen molar-refractivity contribution < 1.29 is 9.53 Å². The maximum Gasteiger partial charge on any atom is 0.409 e. The molecule has 4 saturated heterocycles. The fourth-order valence-corrected chi connectivity index (χ4v) is 10.2. The highest BCUT2D eigenvalue weighted by Crippen LogP contribution is 2.34. The SMILES string of the molecule is CCN1CCC(c2ccc(-c3cc4c(N5CCNCC5)ccnn4c3)cc2)CC1.CCOC(=O)N1CCN(c2ccnn3cc(-c4ccc(C5CCN(CC)CC5)cc4)cc23)CC1. The van der Waals surface area contributed by atoms with Crippen molar-refractivity contribution in [1.82, 2.24) is 39.2 Å². The Hall–Kier alpha value is -5.43. The monoisotopic (exact) mass is 851 g/mol. The second kappa shape index (κ2) is 20.0. The summed E-state index contributed by atoms with van der Waals surface area (Å²) in [6, 6.07) is 27.2. The van der Waals surface area contributed by atoms with Gasteiger partial charge < -0.3 is 34.6 Å². The molecule has 4 aliphatic heterocycles. The van der Waals surface area contributed by atoms with Gasteiger partial charge in [0.15, 0.2) is 0 Å². The first-order valence-electron chi connectivity index (χ1n) is 23.7. The van der Waals surface area contributed by atoms with Crippen molar-refractivity contribution in [2.75, 3.05) is 108 Å². The molecule has 10 rings (SSSR count). The van der Waals surface area contributed by atoms with E-state index in [0.717, 1.165) is 57.0 Å². The number of hydrogen-bond donors (Lipinski definition) is 1. The normalized spacial score (nSPS) is 18.5. The van der Waals surface area contributed by atoms with Crippen molar-refractivity contribution in [3.05, 3.63) is 109 Å². The number of ether oxygens (including phenoxy) is 1. The molecule has 8 heterocycles. The van der Waals surface area contributed by atoms with Gasteiger partial charge in [0.05, 0.1) is 29.0 Å². The van der Waals surface area contributed by atoms with Gasteiger partial charge in [0, 0.05) is 88.3 Å². The molecule has 332 valence electrons. The zero-order chi connectivity index (χ0) is 43.1. The Labute approximate surface area is 373 Å². The fourth-order valence-electron chi connectivity index (χ4n) is 10.2. The van der Waals surface area contributed by atoms with E-state index in [1.807, 2.05) is 28.3 Å². The van der Waals surface area contributed by atoms with Crippen LogP contribution in [0, 0.1) is 0 Å². The number of anilines is 2. The number of carbonyl (C=O) groups is 1. The topological polar surface area (TPSA) is 89.1 Å². The molecule has 12 heteroatoms. The molecule has 1 N–H and O–H groups in total. The second-order valence-corrected chi connectivity index (χ2v) is 17.6. The lowest BCUT2D eigenvalue weighted by atomic mass is 9.88. The Morgan fingerprint density at radius 3 is 1.44 bits per heavy atom. The van der Waals surface area contributed by atoms with Crippen molar-refractivity contribution >= 4 is 28.5 Å². The average Bonchev–Trinajstić information content (AvgIpc) is 4.01. The summed E-state index contributed by atoms with van der Waals surface area (Å²) in [5.74, 6) is 1.38. The first-order chi connectivity index (χ1) is 31.0. The predicted octanol–water partition coefficient (Wildman–Crippen LogP) is 8.09. The van der Waals surface area contributed by atoms with Crippen molar-refractivity contribution in [1.29, 1.82) is 0 Å². The van der Waals surface area contributed by atoms with Crippen LogP contribution in [0.2, 0.25) is 0 Å². The summed E-state index contributed by atoms with van der Waals surface area (Å²) in [6.45, 7) is 21.1. The number of benzene rings is 2. The number of nitrogens with zero attached hydrogens (tertiary/aromatic N) is 9. The predicted molar refractivity (Wildman–Crippen MR) is 255 cm³/mol. The standard InChI is InChI=1S/C27H35N5O2.C24H31N5/c1-3-29-13-10-23(11-14-29)21-5-7-22(8-6-21)24-19-26-25(9-12-28-32(26)20-24)30-15-17-31(18-16-30)27(33)34-4-2;1-2-27-13-8-21(9-14-27)19-3-5-20(6-4-19)22-17-24-23(7-10-26-29(24)18-22)28-15-11-25-12-16-28/h5-9,12,19-20,23H,3-4,10-11,13-18H2,1-2H3;3-7,10,17-18,21,25H,2,8-9,11-16H2,1H3. The molecule has 6 aromatic rings. The van der Waals surface area contributed by atoms with Crippen LogP contribution in [0.1, 0.15) is 69.4 Å². The molecular weight excluding hydrogens is 785 g/mol. The Morgan fingerprint density at radius 2 is 1.02 bits per heavy atom. The van der Waals surface area contributed by atoms with Crippen LogP contribution in [-0.2, 0) is 4.74 Å². The summed E-state index contributed by atoms with van der Waals surface area (Å²) in [5.41, 5.74) is 12.6. The van der Waals surface area contributed by atoms with Crippen LogP contribution in [0.4, 0.5) is 16.2 Å². The van der Waals surface area contributed by atoms with E-state index in [9.17, 15) is 4.79 Å². The van der Waals surface area contributed by atoms with E-state index < -0.39 is 0 Å². The Bertz CT molecular complexity index is 2400. The molecule has 1 amide bonds. The summed E-state index contributed by atoms with van der Waals surface area (Å²) in [7, 11) is 0. The number of likely N-dealkylation sites (tertiary alicyclic amines) is 2. The van der Waals surface area contributed by atoms with Crippen LogP contribution in [0.5, 0.6) is 0 Å². The van der Waals surface area contributed by atoms with Crippen molar-refractivity contribution in [2.24, 2.45) is 0 Å². The highest BCUT2D eigenvalue weighted by atomic mass is 16.6. The minimum absolute atomic E-state index is 0.216. The maximum absolute atomic E-state index is 12.0. The smallest absolute Gasteiger partial charge is 0.409 e. The van der Waals surface area contributed by atoms with Gasteiger partial charge in [-0.1, -0.05) is 62.4 Å². The third kappa shape index (κ3) is 9.73. The molecule has 12 nitrogen and oxygen atoms in total. The minimum Gasteiger partial charge on any atom is -0.450 e. The van der Waals surface area contributed by atoms with E-state index in [4.69, 9.17) is 4.74 Å². The first kappa shape index (κ1) is 42.9. The van der Waals surface area contributed by atoms with Crippen LogP contribution in [0.25, 0.3) is 33.3 Å². The van der Waals surface area contributed by atoms with E-state index >= 15 is 0 Å². The van der Waals surface area contributed by atoms with Gasteiger partial charge in [-0.2, -0.15) is 10.2 Å². The van der Waals surface area contributed by atoms with Crippen molar-refractivity contribution in [3.63, 3.8) is 0 Å². The van der Waals surface area contributed by atoms with Gasteiger partial charge in [-0.05, 0) is 130 Å². The Morgan fingerprint density at radius 1 is 0.571 bits per heavy atom. The number of aromatic nitrogens is 4. The summed E-state index contributed by atoms with van der Waals surface area (Å²) in [4.78, 5) is 23.7. The van der Waals surface area contributed by atoms with Gasteiger partial charge >= 0.3 is 6.09 Å². The van der Waals surface area contributed by atoms with Crippen LogP contribution >= 0.6 is 0 Å². The number of rotatable bonds is 9. The molecule has 0 spiro atoms. The molecule has 0 aliphatic carbocycles. The Balaban J connectivity index is 0.000000162. The summed E-state index contributed by atoms with van der Waals surface area (Å²) in [6.07, 6.45) is 12.9. The number of carbonyl (C=O) groups excluding carboxylic acids is 1. The van der Waals surface area contributed by atoms with Gasteiger partial charge in [0.1, 0.15) is 0 Å². The summed E-state index contributed by atoms with van der Waals surface area (Å²) in [5, 5.41) is 12.6. The van der Waals surface area contributed by atoms with Crippen LogP contribution in [0.15, 0.2) is 97.6 Å². The van der Waals surface area contributed by atoms with Gasteiger partial charge in [0.25, 0.3) is 0 Å². The number of piperidine rings is 2. The molecule has 63 heavy (non-hydrogen) atoms. The van der Waals surface area contributed by atoms with Gasteiger partial charge in [-0.3, -0.25) is 0 Å². The summed E-state index contributed by atoms with van der Waals surface area (Å²) >= 11 is 0. The lowest BCUT2D eigenvalue weighted by Crippen LogP contribution is -2.49. The van der Waals surface area contributed by atoms with E-state index in [-0.39, 0.29) is 6.09 Å². The highest BCUT2D eigenvalue weighted by molar-refractivity contribution is 5.81. The van der Waals surface area contributed by atoms with Gasteiger partial charge in [0.2, 0.25) is 0 Å². The van der Waals surface area contributed by atoms with Crippen LogP contribution < -0.4 is 15.1 Å². The number of fused-ring (bicyclic) bond motifs is 2. The largest absolute Gasteiger partial charge is 0.450 e. The van der Waals surface area contributed by atoms with E-state index in [1.54, 1.807) is 4.90 Å². The van der Waals surface area contributed by atoms with Crippen LogP contribution in [0.3, 0.4) is 0 Å². The summed E-state index contributed by atoms with van der Waals surface area (Å²) < 4.78 is 9.15. The molecule has 0 saturated carbocycles. The molecule has 0 atom stereocenters. The molecule has 0 radical (unpaired) electrons. The highest BCUT2D eigenvalue weighted by Gasteiger charge is 2.25. The maximum atomic E-state index is 12.0. The number of amides is 1. The zero-order valence-corrected chi connectivity index (χ0v) is 37.7. The van der Waals surface area contributed by atoms with Gasteiger partial charge in [-0.15, -0.1) is 0 Å². The van der Waals surface area contributed by atoms with Crippen molar-refractivity contribution in [2.45, 2.75) is 58.3 Å². The number of piperazine rings is 2. The fraction of sp³-hybridized carbons (Fsp3) is 0.471. The number of hydrogen-bond acceptors (Lipinski definition) is 9. The van der Waals surface area contributed by atoms with E-state index in [0.29, 0.717) is 31.5 Å². The quantitative estimate of drug-likeness (QED) is 0.155. The first-order valence-corrected chi connectivity index (χ1v) is 23.7. The Kier molecular flexibility index (Phi) is 13.6. The minimum atomic E-state index is -0.216. The van der Waals surface area contributed by atoms with Crippen LogP contribution in [-0.4, -0.2) is 138 Å². The lowest BCUT2D eigenvalue weighted by molar-refractivity contribution is 0.105. The molecule has 0 bridgehead atoms. The zero-order valence-electron chi connectivity index (χ0n) is 37.7. The molecule has 4 fully saturated rings. The third-order valence-corrected chi connectivity index (χ3v) is 14.1. The van der Waals surface area contributed by atoms with Gasteiger partial charge in [-0.25, -0.2) is 13.8 Å². The molecule has 0 unspecified atom stereocenters. The third-order valence-electron chi connectivity index (χ3n) is 14.1. The molecule has 4 aromatic heterocycles. The molecule has 4 aliphatic rings. The van der Waals surface area contributed by atoms with Crippen molar-refractivity contribution in [3.8, 4) is 22.3 Å². The molecule has 2 aromatic carbocycles. The van der Waals surface area contributed by atoms with E-state index in [2.05, 4.69) is 134 Å². The van der Waals surface area contributed by atoms with E-state index in [1.165, 1.54) is 103 Å². The molecular formula is C51H66N10O2. The number of nitrogens with one attached hydrogen (secondary N) is 1. The average molecular weight is 851 g/mol.